The zero-order valence-electron chi connectivity index (χ0n) is 15.4. The molecular weight excluding hydrogens is 436 g/mol. The number of halogens is 1. The maximum atomic E-state index is 12.5. The topological polar surface area (TPSA) is 86.2 Å². The van der Waals surface area contributed by atoms with Gasteiger partial charge in [0.05, 0.1) is 31.5 Å². The second-order valence-electron chi connectivity index (χ2n) is 5.47. The van der Waals surface area contributed by atoms with Gasteiger partial charge in [0.2, 0.25) is 0 Å². The molecule has 146 valence electrons. The van der Waals surface area contributed by atoms with E-state index < -0.39 is 10.0 Å². The van der Waals surface area contributed by atoms with Crippen molar-refractivity contribution < 1.29 is 22.6 Å². The summed E-state index contributed by atoms with van der Waals surface area (Å²) >= 11 is 3.40. The number of benzene rings is 2. The summed E-state index contributed by atoms with van der Waals surface area (Å²) in [7, 11) is -0.924. The number of hydrazone groups is 1. The first-order valence-corrected chi connectivity index (χ1v) is 10.3. The molecule has 2 rings (SSSR count). The van der Waals surface area contributed by atoms with Crippen LogP contribution < -0.4 is 19.0 Å². The van der Waals surface area contributed by atoms with Gasteiger partial charge in [0.1, 0.15) is 10.6 Å². The van der Waals surface area contributed by atoms with E-state index in [0.29, 0.717) is 28.1 Å². The summed E-state index contributed by atoms with van der Waals surface area (Å²) in [6.45, 7) is 4.12. The maximum Gasteiger partial charge on any atom is 0.280 e. The standard InChI is InChI=1S/C18H21BrN2O5S/c1-5-26-16-10-13(9-14(19)18(16)25-4)11-20-21-27(22,23)17-8-12(2)6-7-15(17)24-3/h6-11,21H,5H2,1-4H3/b20-11+. The Hall–Kier alpha value is -2.26. The van der Waals surface area contributed by atoms with Crippen molar-refractivity contribution in [3.63, 3.8) is 0 Å². The highest BCUT2D eigenvalue weighted by atomic mass is 79.9. The number of ether oxygens (including phenoxy) is 3. The number of nitrogens with zero attached hydrogens (tertiary/aromatic N) is 1. The lowest BCUT2D eigenvalue weighted by Gasteiger charge is -2.12. The van der Waals surface area contributed by atoms with Crippen molar-refractivity contribution in [2.45, 2.75) is 18.7 Å². The summed E-state index contributed by atoms with van der Waals surface area (Å²) in [5.41, 5.74) is 1.42. The lowest BCUT2D eigenvalue weighted by atomic mass is 10.2. The number of hydrogen-bond donors (Lipinski definition) is 1. The van der Waals surface area contributed by atoms with Crippen LogP contribution in [0, 0.1) is 6.92 Å². The summed E-state index contributed by atoms with van der Waals surface area (Å²) in [6.07, 6.45) is 1.38. The molecule has 0 amide bonds. The Balaban J connectivity index is 2.28. The number of methoxy groups -OCH3 is 2. The third-order valence-corrected chi connectivity index (χ3v) is 5.36. The Bertz CT molecular complexity index is 945. The molecule has 0 aliphatic carbocycles. The monoisotopic (exact) mass is 456 g/mol. The SMILES string of the molecule is CCOc1cc(/C=N/NS(=O)(=O)c2cc(C)ccc2OC)cc(Br)c1OC. The van der Waals surface area contributed by atoms with E-state index in [9.17, 15) is 8.42 Å². The van der Waals surface area contributed by atoms with Gasteiger partial charge >= 0.3 is 0 Å². The second-order valence-corrected chi connectivity index (χ2v) is 7.96. The number of hydrogen-bond acceptors (Lipinski definition) is 6. The normalized spacial score (nSPS) is 11.4. The summed E-state index contributed by atoms with van der Waals surface area (Å²) in [5, 5.41) is 3.86. The van der Waals surface area contributed by atoms with Crippen molar-refractivity contribution in [1.82, 2.24) is 4.83 Å². The Morgan fingerprint density at radius 1 is 1.15 bits per heavy atom. The molecule has 0 aromatic heterocycles. The predicted octanol–water partition coefficient (Wildman–Crippen LogP) is 3.49. The number of rotatable bonds is 8. The first kappa shape index (κ1) is 21.0. The van der Waals surface area contributed by atoms with Gasteiger partial charge in [-0.05, 0) is 65.2 Å². The highest BCUT2D eigenvalue weighted by molar-refractivity contribution is 9.10. The fourth-order valence-electron chi connectivity index (χ4n) is 2.34. The highest BCUT2D eigenvalue weighted by Crippen LogP contribution is 2.36. The zero-order chi connectivity index (χ0) is 20.0. The van der Waals surface area contributed by atoms with Crippen LogP contribution in [0.5, 0.6) is 17.2 Å². The fourth-order valence-corrected chi connectivity index (χ4v) is 4.01. The van der Waals surface area contributed by atoms with Gasteiger partial charge in [0.15, 0.2) is 11.5 Å². The van der Waals surface area contributed by atoms with E-state index >= 15 is 0 Å². The summed E-state index contributed by atoms with van der Waals surface area (Å²) in [5.74, 6) is 1.33. The van der Waals surface area contributed by atoms with Gasteiger partial charge in [-0.1, -0.05) is 6.07 Å². The Morgan fingerprint density at radius 3 is 2.52 bits per heavy atom. The minimum atomic E-state index is -3.88. The minimum absolute atomic E-state index is 0.0214. The minimum Gasteiger partial charge on any atom is -0.495 e. The Morgan fingerprint density at radius 2 is 1.89 bits per heavy atom. The molecule has 0 spiro atoms. The van der Waals surface area contributed by atoms with E-state index in [1.54, 1.807) is 38.3 Å². The molecular formula is C18H21BrN2O5S. The Labute approximate surface area is 167 Å². The highest BCUT2D eigenvalue weighted by Gasteiger charge is 2.19. The average Bonchev–Trinajstić information content (AvgIpc) is 2.62. The smallest absolute Gasteiger partial charge is 0.280 e. The molecule has 27 heavy (non-hydrogen) atoms. The van der Waals surface area contributed by atoms with E-state index in [1.807, 2.05) is 6.92 Å². The van der Waals surface area contributed by atoms with Crippen LogP contribution in [0.2, 0.25) is 0 Å². The molecule has 7 nitrogen and oxygen atoms in total. The van der Waals surface area contributed by atoms with E-state index in [4.69, 9.17) is 14.2 Å². The first-order chi connectivity index (χ1) is 12.8. The van der Waals surface area contributed by atoms with E-state index in [-0.39, 0.29) is 10.6 Å². The van der Waals surface area contributed by atoms with E-state index in [0.717, 1.165) is 5.56 Å². The van der Waals surface area contributed by atoms with Crippen LogP contribution in [-0.4, -0.2) is 35.5 Å². The zero-order valence-corrected chi connectivity index (χ0v) is 17.8. The number of aryl methyl sites for hydroxylation is 1. The van der Waals surface area contributed by atoms with Crippen molar-refractivity contribution in [2.24, 2.45) is 5.10 Å². The van der Waals surface area contributed by atoms with Gasteiger partial charge < -0.3 is 14.2 Å². The molecule has 0 unspecified atom stereocenters. The molecule has 2 aromatic carbocycles. The van der Waals surface area contributed by atoms with Crippen molar-refractivity contribution in [1.29, 1.82) is 0 Å². The molecule has 0 saturated heterocycles. The van der Waals surface area contributed by atoms with Gasteiger partial charge in [-0.3, -0.25) is 0 Å². The van der Waals surface area contributed by atoms with Gasteiger partial charge in [-0.2, -0.15) is 18.4 Å². The van der Waals surface area contributed by atoms with Crippen LogP contribution >= 0.6 is 15.9 Å². The molecule has 0 saturated carbocycles. The van der Waals surface area contributed by atoms with Crippen LogP contribution in [0.3, 0.4) is 0 Å². The lowest BCUT2D eigenvalue weighted by molar-refractivity contribution is 0.310. The predicted molar refractivity (Wildman–Crippen MR) is 108 cm³/mol. The number of sulfonamides is 1. The lowest BCUT2D eigenvalue weighted by Crippen LogP contribution is -2.19. The van der Waals surface area contributed by atoms with Gasteiger partial charge in [0, 0.05) is 0 Å². The van der Waals surface area contributed by atoms with Gasteiger partial charge in [-0.25, -0.2) is 0 Å². The van der Waals surface area contributed by atoms with Crippen LogP contribution in [0.1, 0.15) is 18.1 Å². The molecule has 2 aromatic rings. The van der Waals surface area contributed by atoms with Crippen LogP contribution in [0.25, 0.3) is 0 Å². The van der Waals surface area contributed by atoms with Crippen molar-refractivity contribution in [2.75, 3.05) is 20.8 Å². The molecule has 0 fully saturated rings. The molecule has 0 radical (unpaired) electrons. The maximum absolute atomic E-state index is 12.5. The van der Waals surface area contributed by atoms with Crippen LogP contribution in [-0.2, 0) is 10.0 Å². The van der Waals surface area contributed by atoms with E-state index in [1.165, 1.54) is 19.4 Å². The summed E-state index contributed by atoms with van der Waals surface area (Å²) < 4.78 is 41.7. The van der Waals surface area contributed by atoms with E-state index in [2.05, 4.69) is 25.9 Å². The quantitative estimate of drug-likeness (QED) is 0.485. The van der Waals surface area contributed by atoms with Gasteiger partial charge in [-0.15, -0.1) is 0 Å². The largest absolute Gasteiger partial charge is 0.495 e. The fraction of sp³-hybridized carbons (Fsp3) is 0.278. The molecule has 0 aliphatic rings. The molecule has 0 heterocycles. The molecule has 0 atom stereocenters. The van der Waals surface area contributed by atoms with Crippen molar-refractivity contribution >= 4 is 32.2 Å². The third kappa shape index (κ3) is 5.14. The van der Waals surface area contributed by atoms with Crippen LogP contribution in [0.15, 0.2) is 44.8 Å². The molecule has 9 heteroatoms. The molecule has 1 N–H and O–H groups in total. The Kier molecular flexibility index (Phi) is 7.09. The summed E-state index contributed by atoms with van der Waals surface area (Å²) in [6, 6.07) is 8.34. The summed E-state index contributed by atoms with van der Waals surface area (Å²) in [4.78, 5) is 2.22. The second kappa shape index (κ2) is 9.09. The first-order valence-electron chi connectivity index (χ1n) is 8.02. The molecule has 0 bridgehead atoms. The third-order valence-electron chi connectivity index (χ3n) is 3.53. The van der Waals surface area contributed by atoms with Crippen molar-refractivity contribution in [3.8, 4) is 17.2 Å². The molecule has 0 aliphatic heterocycles. The number of nitrogens with one attached hydrogen (secondary N) is 1. The van der Waals surface area contributed by atoms with Crippen LogP contribution in [0.4, 0.5) is 0 Å². The van der Waals surface area contributed by atoms with Gasteiger partial charge in [0.25, 0.3) is 10.0 Å². The average molecular weight is 457 g/mol. The van der Waals surface area contributed by atoms with Crippen molar-refractivity contribution in [3.05, 3.63) is 45.9 Å².